The van der Waals surface area contributed by atoms with Gasteiger partial charge in [0.2, 0.25) is 5.91 Å². The maximum absolute atomic E-state index is 11.3. The molecular formula is C11H16N2O2. The molecule has 0 aliphatic carbocycles. The third-order valence-corrected chi connectivity index (χ3v) is 1.83. The van der Waals surface area contributed by atoms with Crippen LogP contribution in [0.3, 0.4) is 0 Å². The topological polar surface area (TPSA) is 64.3 Å². The van der Waals surface area contributed by atoms with E-state index in [-0.39, 0.29) is 5.91 Å². The predicted octanol–water partition coefficient (Wildman–Crippen LogP) is 1.37. The lowest BCUT2D eigenvalue weighted by molar-refractivity contribution is -0.117. The van der Waals surface area contributed by atoms with Crippen LogP contribution >= 0.6 is 0 Å². The number of carbonyl (C=O) groups excluding carboxylic acids is 1. The summed E-state index contributed by atoms with van der Waals surface area (Å²) in [6, 6.07) is 6.71. The molecule has 0 saturated carbocycles. The van der Waals surface area contributed by atoms with Crippen LogP contribution in [0.1, 0.15) is 13.8 Å². The zero-order valence-corrected chi connectivity index (χ0v) is 8.99. The van der Waals surface area contributed by atoms with Crippen LogP contribution in [0.25, 0.3) is 0 Å². The third kappa shape index (κ3) is 3.59. The molecule has 4 nitrogen and oxygen atoms in total. The van der Waals surface area contributed by atoms with Crippen LogP contribution in [0.2, 0.25) is 0 Å². The molecule has 1 atom stereocenters. The monoisotopic (exact) mass is 208 g/mol. The van der Waals surface area contributed by atoms with Gasteiger partial charge in [0, 0.05) is 11.8 Å². The van der Waals surface area contributed by atoms with E-state index < -0.39 is 6.04 Å². The second-order valence-corrected chi connectivity index (χ2v) is 3.24. The van der Waals surface area contributed by atoms with Crippen LogP contribution < -0.4 is 15.8 Å². The molecule has 82 valence electrons. The highest BCUT2D eigenvalue weighted by molar-refractivity contribution is 5.94. The Labute approximate surface area is 89.4 Å². The maximum Gasteiger partial charge on any atom is 0.241 e. The molecule has 1 amide bonds. The first-order valence-electron chi connectivity index (χ1n) is 4.92. The quantitative estimate of drug-likeness (QED) is 0.785. The molecule has 3 N–H and O–H groups in total. The normalized spacial score (nSPS) is 11.9. The number of nitrogens with one attached hydrogen (secondary N) is 1. The SMILES string of the molecule is CCOc1cccc(NC(=O)[C@@H](C)N)c1. The van der Waals surface area contributed by atoms with Crippen LogP contribution in [-0.4, -0.2) is 18.6 Å². The molecule has 1 rings (SSSR count). The van der Waals surface area contributed by atoms with E-state index in [0.29, 0.717) is 12.3 Å². The Morgan fingerprint density at radius 2 is 2.33 bits per heavy atom. The molecule has 4 heteroatoms. The number of nitrogens with two attached hydrogens (primary N) is 1. The van der Waals surface area contributed by atoms with Crippen molar-refractivity contribution in [3.05, 3.63) is 24.3 Å². The van der Waals surface area contributed by atoms with Crippen molar-refractivity contribution in [3.8, 4) is 5.75 Å². The van der Waals surface area contributed by atoms with Gasteiger partial charge in [0.1, 0.15) is 5.75 Å². The molecule has 0 saturated heterocycles. The van der Waals surface area contributed by atoms with Crippen molar-refractivity contribution in [2.75, 3.05) is 11.9 Å². The summed E-state index contributed by atoms with van der Waals surface area (Å²) in [4.78, 5) is 11.3. The van der Waals surface area contributed by atoms with Crippen molar-refractivity contribution in [2.45, 2.75) is 19.9 Å². The molecule has 0 heterocycles. The molecule has 0 fully saturated rings. The second-order valence-electron chi connectivity index (χ2n) is 3.24. The van der Waals surface area contributed by atoms with Crippen molar-refractivity contribution in [1.29, 1.82) is 0 Å². The molecule has 0 aromatic heterocycles. The lowest BCUT2D eigenvalue weighted by Gasteiger charge is -2.09. The number of hydrogen-bond donors (Lipinski definition) is 2. The van der Waals surface area contributed by atoms with Gasteiger partial charge < -0.3 is 15.8 Å². The van der Waals surface area contributed by atoms with Crippen LogP contribution in [0.5, 0.6) is 5.75 Å². The maximum atomic E-state index is 11.3. The van der Waals surface area contributed by atoms with E-state index in [1.165, 1.54) is 0 Å². The Bertz CT molecular complexity index is 337. The summed E-state index contributed by atoms with van der Waals surface area (Å²) in [5.74, 6) is 0.531. The van der Waals surface area contributed by atoms with Crippen molar-refractivity contribution in [2.24, 2.45) is 5.73 Å². The van der Waals surface area contributed by atoms with Gasteiger partial charge in [-0.15, -0.1) is 0 Å². The largest absolute Gasteiger partial charge is 0.494 e. The summed E-state index contributed by atoms with van der Waals surface area (Å²) in [7, 11) is 0. The number of benzene rings is 1. The zero-order valence-electron chi connectivity index (χ0n) is 8.99. The van der Waals surface area contributed by atoms with E-state index in [2.05, 4.69) is 5.32 Å². The third-order valence-electron chi connectivity index (χ3n) is 1.83. The smallest absolute Gasteiger partial charge is 0.241 e. The first-order chi connectivity index (χ1) is 7.13. The number of amides is 1. The average molecular weight is 208 g/mol. The summed E-state index contributed by atoms with van der Waals surface area (Å²) in [5, 5.41) is 2.70. The molecule has 0 spiro atoms. The number of carbonyl (C=O) groups is 1. The van der Waals surface area contributed by atoms with Gasteiger partial charge in [0.15, 0.2) is 0 Å². The molecule has 0 bridgehead atoms. The number of rotatable bonds is 4. The van der Waals surface area contributed by atoms with Gasteiger partial charge >= 0.3 is 0 Å². The van der Waals surface area contributed by atoms with E-state index in [0.717, 1.165) is 5.75 Å². The molecule has 1 aromatic carbocycles. The van der Waals surface area contributed by atoms with E-state index in [4.69, 9.17) is 10.5 Å². The fourth-order valence-electron chi connectivity index (χ4n) is 1.09. The predicted molar refractivity (Wildman–Crippen MR) is 59.9 cm³/mol. The van der Waals surface area contributed by atoms with Gasteiger partial charge in [-0.25, -0.2) is 0 Å². The average Bonchev–Trinajstić information content (AvgIpc) is 2.18. The van der Waals surface area contributed by atoms with Crippen molar-refractivity contribution in [3.63, 3.8) is 0 Å². The fourth-order valence-corrected chi connectivity index (χ4v) is 1.09. The summed E-state index contributed by atoms with van der Waals surface area (Å²) in [6.07, 6.45) is 0. The second kappa shape index (κ2) is 5.36. The Morgan fingerprint density at radius 3 is 2.93 bits per heavy atom. The van der Waals surface area contributed by atoms with E-state index in [1.54, 1.807) is 19.1 Å². The van der Waals surface area contributed by atoms with Crippen molar-refractivity contribution >= 4 is 11.6 Å². The van der Waals surface area contributed by atoms with Gasteiger partial charge in [-0.05, 0) is 26.0 Å². The molecule has 0 radical (unpaired) electrons. The van der Waals surface area contributed by atoms with Gasteiger partial charge in [-0.3, -0.25) is 4.79 Å². The van der Waals surface area contributed by atoms with Crippen LogP contribution in [0.4, 0.5) is 5.69 Å². The van der Waals surface area contributed by atoms with Crippen LogP contribution in [-0.2, 0) is 4.79 Å². The summed E-state index contributed by atoms with van der Waals surface area (Å²) >= 11 is 0. The fraction of sp³-hybridized carbons (Fsp3) is 0.364. The number of ether oxygens (including phenoxy) is 1. The standard InChI is InChI=1S/C11H16N2O2/c1-3-15-10-6-4-5-9(7-10)13-11(14)8(2)12/h4-8H,3,12H2,1-2H3,(H,13,14)/t8-/m1/s1. The highest BCUT2D eigenvalue weighted by Crippen LogP contribution is 2.17. The Kier molecular flexibility index (Phi) is 4.12. The van der Waals surface area contributed by atoms with Crippen LogP contribution in [0, 0.1) is 0 Å². The minimum Gasteiger partial charge on any atom is -0.494 e. The lowest BCUT2D eigenvalue weighted by Crippen LogP contribution is -2.32. The highest BCUT2D eigenvalue weighted by Gasteiger charge is 2.07. The summed E-state index contributed by atoms with van der Waals surface area (Å²) in [5.41, 5.74) is 6.13. The van der Waals surface area contributed by atoms with E-state index in [1.807, 2.05) is 19.1 Å². The van der Waals surface area contributed by atoms with Gasteiger partial charge in [-0.1, -0.05) is 6.07 Å². The summed E-state index contributed by atoms with van der Waals surface area (Å²) in [6.45, 7) is 4.15. The van der Waals surface area contributed by atoms with E-state index in [9.17, 15) is 4.79 Å². The molecular weight excluding hydrogens is 192 g/mol. The highest BCUT2D eigenvalue weighted by atomic mass is 16.5. The molecule has 0 aliphatic heterocycles. The number of anilines is 1. The van der Waals surface area contributed by atoms with Gasteiger partial charge in [0.05, 0.1) is 12.6 Å². The van der Waals surface area contributed by atoms with Crippen molar-refractivity contribution in [1.82, 2.24) is 0 Å². The Hall–Kier alpha value is -1.55. The van der Waals surface area contributed by atoms with Crippen LogP contribution in [0.15, 0.2) is 24.3 Å². The molecule has 0 unspecified atom stereocenters. The Balaban J connectivity index is 2.69. The van der Waals surface area contributed by atoms with Gasteiger partial charge in [0.25, 0.3) is 0 Å². The molecule has 15 heavy (non-hydrogen) atoms. The summed E-state index contributed by atoms with van der Waals surface area (Å²) < 4.78 is 5.31. The zero-order chi connectivity index (χ0) is 11.3. The molecule has 0 aliphatic rings. The lowest BCUT2D eigenvalue weighted by atomic mass is 10.2. The van der Waals surface area contributed by atoms with Gasteiger partial charge in [-0.2, -0.15) is 0 Å². The first-order valence-corrected chi connectivity index (χ1v) is 4.92. The minimum atomic E-state index is -0.513. The first kappa shape index (κ1) is 11.5. The molecule has 1 aromatic rings. The van der Waals surface area contributed by atoms with Crippen molar-refractivity contribution < 1.29 is 9.53 Å². The van der Waals surface area contributed by atoms with E-state index >= 15 is 0 Å². The Morgan fingerprint density at radius 1 is 1.60 bits per heavy atom. The minimum absolute atomic E-state index is 0.205. The number of hydrogen-bond acceptors (Lipinski definition) is 3.